The smallest absolute Gasteiger partial charge is 0.356 e. The van der Waals surface area contributed by atoms with Crippen molar-refractivity contribution >= 4 is 46.1 Å². The maximum Gasteiger partial charge on any atom is 0.356 e. The number of hydrogen-bond acceptors (Lipinski definition) is 8. The van der Waals surface area contributed by atoms with Crippen LogP contribution >= 0.6 is 11.6 Å². The fourth-order valence-electron chi connectivity index (χ4n) is 4.53. The molecular weight excluding hydrogens is 474 g/mol. The van der Waals surface area contributed by atoms with Crippen molar-refractivity contribution in [2.75, 3.05) is 26.5 Å². The van der Waals surface area contributed by atoms with Crippen LogP contribution in [0, 0.1) is 0 Å². The van der Waals surface area contributed by atoms with Crippen LogP contribution in [0.4, 0.5) is 10.5 Å². The van der Waals surface area contributed by atoms with Gasteiger partial charge < -0.3 is 19.9 Å². The van der Waals surface area contributed by atoms with Crippen molar-refractivity contribution < 1.29 is 19.1 Å². The highest BCUT2D eigenvalue weighted by atomic mass is 35.5. The molecule has 4 heterocycles. The summed E-state index contributed by atoms with van der Waals surface area (Å²) in [6.45, 7) is 0.0983. The number of nitrogens with one attached hydrogen (secondary N) is 3. The quantitative estimate of drug-likeness (QED) is 0.457. The standard InChI is InChI=1S/C23H24ClN7O4/c1-29-18-19(28-22(29)27-12-7-8-17(25-10-12)21(33)35-3)30(2)23(34)31(20(18)32)11-13-9-14-15(24)5-4-6-16(14)26-13/h4-10,18-19,22,26-28H,11H2,1-3H3. The Morgan fingerprint density at radius 2 is 2.03 bits per heavy atom. The number of amides is 3. The molecule has 0 radical (unpaired) electrons. The number of ether oxygens (including phenoxy) is 1. The molecule has 3 amide bonds. The van der Waals surface area contributed by atoms with Crippen molar-refractivity contribution in [3.8, 4) is 0 Å². The number of rotatable bonds is 5. The zero-order valence-corrected chi connectivity index (χ0v) is 20.0. The number of imide groups is 1. The highest BCUT2D eigenvalue weighted by Gasteiger charge is 2.53. The summed E-state index contributed by atoms with van der Waals surface area (Å²) < 4.78 is 4.67. The first-order valence-electron chi connectivity index (χ1n) is 10.9. The lowest BCUT2D eigenvalue weighted by Crippen LogP contribution is -2.65. The Morgan fingerprint density at radius 3 is 2.71 bits per heavy atom. The fourth-order valence-corrected chi connectivity index (χ4v) is 4.76. The van der Waals surface area contributed by atoms with Crippen LogP contribution in [0.3, 0.4) is 0 Å². The molecule has 2 saturated heterocycles. The van der Waals surface area contributed by atoms with E-state index in [9.17, 15) is 14.4 Å². The molecule has 3 atom stereocenters. The number of halogens is 1. The summed E-state index contributed by atoms with van der Waals surface area (Å²) in [6.07, 6.45) is 0.531. The highest BCUT2D eigenvalue weighted by Crippen LogP contribution is 2.29. The molecule has 3 unspecified atom stereocenters. The van der Waals surface area contributed by atoms with Crippen molar-refractivity contribution in [3.63, 3.8) is 0 Å². The summed E-state index contributed by atoms with van der Waals surface area (Å²) >= 11 is 6.27. The Bertz CT molecular complexity index is 1310. The number of carbonyl (C=O) groups is 3. The largest absolute Gasteiger partial charge is 0.464 e. The molecule has 5 rings (SSSR count). The molecule has 0 aliphatic carbocycles. The second-order valence-electron chi connectivity index (χ2n) is 8.51. The molecule has 2 aliphatic rings. The minimum Gasteiger partial charge on any atom is -0.464 e. The van der Waals surface area contributed by atoms with E-state index >= 15 is 0 Å². The molecule has 2 aromatic heterocycles. The number of aromatic nitrogens is 2. The van der Waals surface area contributed by atoms with Gasteiger partial charge >= 0.3 is 12.0 Å². The molecule has 11 nitrogen and oxygen atoms in total. The normalized spacial score (nSPS) is 22.6. The number of carbonyl (C=O) groups excluding carboxylic acids is 3. The number of aromatic amines is 1. The van der Waals surface area contributed by atoms with Gasteiger partial charge in [-0.25, -0.2) is 14.6 Å². The lowest BCUT2D eigenvalue weighted by Gasteiger charge is -2.40. The van der Waals surface area contributed by atoms with E-state index in [1.807, 2.05) is 23.1 Å². The van der Waals surface area contributed by atoms with Gasteiger partial charge in [0, 0.05) is 28.7 Å². The van der Waals surface area contributed by atoms with E-state index in [4.69, 9.17) is 11.6 Å². The van der Waals surface area contributed by atoms with Gasteiger partial charge in [0.2, 0.25) is 0 Å². The van der Waals surface area contributed by atoms with Gasteiger partial charge in [-0.3, -0.25) is 19.9 Å². The Balaban J connectivity index is 1.34. The molecule has 0 saturated carbocycles. The van der Waals surface area contributed by atoms with E-state index in [1.165, 1.54) is 23.1 Å². The maximum absolute atomic E-state index is 13.5. The number of likely N-dealkylation sites (N-methyl/N-ethyl adjacent to an activating group) is 2. The van der Waals surface area contributed by atoms with Crippen LogP contribution in [-0.2, 0) is 16.1 Å². The number of benzene rings is 1. The fraction of sp³-hybridized carbons (Fsp3) is 0.304. The van der Waals surface area contributed by atoms with Crippen LogP contribution in [0.2, 0.25) is 5.02 Å². The minimum atomic E-state index is -0.606. The Kier molecular flexibility index (Phi) is 5.83. The summed E-state index contributed by atoms with van der Waals surface area (Å²) in [7, 11) is 4.76. The number of fused-ring (bicyclic) bond motifs is 2. The second-order valence-corrected chi connectivity index (χ2v) is 8.91. The molecule has 1 aromatic carbocycles. The maximum atomic E-state index is 13.5. The van der Waals surface area contributed by atoms with Gasteiger partial charge in [0.15, 0.2) is 0 Å². The molecule has 35 heavy (non-hydrogen) atoms. The van der Waals surface area contributed by atoms with Crippen molar-refractivity contribution in [1.29, 1.82) is 0 Å². The number of anilines is 1. The van der Waals surface area contributed by atoms with Crippen molar-refractivity contribution in [3.05, 3.63) is 59.0 Å². The average molecular weight is 498 g/mol. The monoisotopic (exact) mass is 497 g/mol. The first kappa shape index (κ1) is 23.1. The molecule has 3 aromatic rings. The number of H-pyrrole nitrogens is 1. The molecular formula is C23H24ClN7O4. The van der Waals surface area contributed by atoms with E-state index in [-0.39, 0.29) is 18.1 Å². The molecule has 2 fully saturated rings. The summed E-state index contributed by atoms with van der Waals surface area (Å²) in [5.41, 5.74) is 2.37. The molecule has 0 spiro atoms. The second kappa shape index (κ2) is 8.84. The van der Waals surface area contributed by atoms with Gasteiger partial charge in [0.05, 0.1) is 25.5 Å². The topological polar surface area (TPSA) is 123 Å². The van der Waals surface area contributed by atoms with Gasteiger partial charge in [-0.1, -0.05) is 17.7 Å². The van der Waals surface area contributed by atoms with Gasteiger partial charge in [-0.05, 0) is 37.4 Å². The van der Waals surface area contributed by atoms with Crippen molar-refractivity contribution in [2.24, 2.45) is 0 Å². The number of urea groups is 1. The first-order chi connectivity index (χ1) is 16.8. The predicted molar refractivity (Wildman–Crippen MR) is 128 cm³/mol. The molecule has 0 bridgehead atoms. The zero-order valence-electron chi connectivity index (χ0n) is 19.3. The Morgan fingerprint density at radius 1 is 1.23 bits per heavy atom. The van der Waals surface area contributed by atoms with Gasteiger partial charge in [-0.2, -0.15) is 0 Å². The lowest BCUT2D eigenvalue weighted by molar-refractivity contribution is -0.138. The van der Waals surface area contributed by atoms with E-state index in [0.717, 1.165) is 10.9 Å². The molecule has 12 heteroatoms. The third-order valence-corrected chi connectivity index (χ3v) is 6.73. The lowest BCUT2D eigenvalue weighted by atomic mass is 10.1. The summed E-state index contributed by atoms with van der Waals surface area (Å²) in [4.78, 5) is 50.1. The average Bonchev–Trinajstić information content (AvgIpc) is 3.42. The predicted octanol–water partition coefficient (Wildman–Crippen LogP) is 2.02. The van der Waals surface area contributed by atoms with Crippen molar-refractivity contribution in [1.82, 2.24) is 30.0 Å². The Hall–Kier alpha value is -3.67. The van der Waals surface area contributed by atoms with Crippen LogP contribution in [0.15, 0.2) is 42.6 Å². The van der Waals surface area contributed by atoms with E-state index in [0.29, 0.717) is 16.4 Å². The third kappa shape index (κ3) is 3.97. The number of nitrogens with zero attached hydrogens (tertiary/aromatic N) is 4. The number of hydrogen-bond donors (Lipinski definition) is 3. The summed E-state index contributed by atoms with van der Waals surface area (Å²) in [5.74, 6) is -0.831. The van der Waals surface area contributed by atoms with Crippen LogP contribution in [0.1, 0.15) is 16.2 Å². The summed E-state index contributed by atoms with van der Waals surface area (Å²) in [5, 5.41) is 7.97. The first-order valence-corrected chi connectivity index (χ1v) is 11.3. The van der Waals surface area contributed by atoms with Crippen LogP contribution in [0.5, 0.6) is 0 Å². The number of esters is 1. The van der Waals surface area contributed by atoms with E-state index in [1.54, 1.807) is 32.3 Å². The molecule has 182 valence electrons. The number of methoxy groups -OCH3 is 1. The SMILES string of the molecule is COC(=O)c1ccc(NC2NC3C(C(=O)N(Cc4cc5c(Cl)cccc5[nH]4)C(=O)N3C)N2C)cn1. The van der Waals surface area contributed by atoms with Crippen LogP contribution in [0.25, 0.3) is 10.9 Å². The third-order valence-electron chi connectivity index (χ3n) is 6.40. The van der Waals surface area contributed by atoms with Gasteiger partial charge in [0.25, 0.3) is 5.91 Å². The van der Waals surface area contributed by atoms with Crippen LogP contribution in [-0.4, -0.2) is 82.3 Å². The molecule has 3 N–H and O–H groups in total. The van der Waals surface area contributed by atoms with E-state index < -0.39 is 30.5 Å². The number of pyridine rings is 1. The molecule has 2 aliphatic heterocycles. The minimum absolute atomic E-state index is 0.0983. The van der Waals surface area contributed by atoms with Crippen LogP contribution < -0.4 is 10.6 Å². The Labute approximate surface area is 206 Å². The van der Waals surface area contributed by atoms with E-state index in [2.05, 4.69) is 25.3 Å². The highest BCUT2D eigenvalue weighted by molar-refractivity contribution is 6.35. The zero-order chi connectivity index (χ0) is 24.9. The van der Waals surface area contributed by atoms with Gasteiger partial charge in [-0.15, -0.1) is 0 Å². The summed E-state index contributed by atoms with van der Waals surface area (Å²) in [6, 6.07) is 9.62. The van der Waals surface area contributed by atoms with Gasteiger partial charge in [0.1, 0.15) is 24.2 Å². The van der Waals surface area contributed by atoms with Crippen molar-refractivity contribution in [2.45, 2.75) is 25.0 Å².